The molecule has 4 nitrogen and oxygen atoms in total. The summed E-state index contributed by atoms with van der Waals surface area (Å²) in [4.78, 5) is 12.4. The second-order valence-electron chi connectivity index (χ2n) is 9.01. The Balaban J connectivity index is 0.000000248. The molecular weight excluding hydrogens is 436 g/mol. The number of carbonyl (C=O) groups is 1. The Labute approximate surface area is 199 Å². The van der Waals surface area contributed by atoms with Crippen molar-refractivity contribution in [3.63, 3.8) is 0 Å². The molecule has 0 saturated heterocycles. The molecule has 4 rings (SSSR count). The molecule has 1 saturated carbocycles. The van der Waals surface area contributed by atoms with E-state index in [2.05, 4.69) is 17.4 Å². The number of fused-ring (bicyclic) bond motifs is 1. The molecule has 1 aliphatic carbocycles. The number of nitrogens with one attached hydrogen (secondary N) is 1. The van der Waals surface area contributed by atoms with Crippen LogP contribution in [0.15, 0.2) is 60.7 Å². The number of carbonyl (C=O) groups excluding carboxylic acids is 1. The van der Waals surface area contributed by atoms with E-state index in [0.29, 0.717) is 24.3 Å². The summed E-state index contributed by atoms with van der Waals surface area (Å²) in [5.74, 6) is -2.19. The van der Waals surface area contributed by atoms with Crippen LogP contribution >= 0.6 is 0 Å². The minimum absolute atomic E-state index is 0.00653. The number of rotatable bonds is 8. The Hall–Kier alpha value is -2.83. The van der Waals surface area contributed by atoms with Gasteiger partial charge < -0.3 is 15.5 Å². The third-order valence-electron chi connectivity index (χ3n) is 6.04. The number of amides is 1. The van der Waals surface area contributed by atoms with Gasteiger partial charge in [-0.3, -0.25) is 4.79 Å². The van der Waals surface area contributed by atoms with Crippen molar-refractivity contribution in [2.45, 2.75) is 57.4 Å². The van der Waals surface area contributed by atoms with Crippen LogP contribution < -0.4 is 5.32 Å². The fourth-order valence-corrected chi connectivity index (χ4v) is 3.92. The normalized spacial score (nSPS) is 13.5. The molecule has 3 aromatic rings. The molecule has 0 atom stereocenters. The molecule has 3 aromatic carbocycles. The molecule has 1 fully saturated rings. The van der Waals surface area contributed by atoms with Gasteiger partial charge in [-0.15, -0.1) is 0 Å². The van der Waals surface area contributed by atoms with Crippen LogP contribution in [0.5, 0.6) is 0 Å². The number of alkyl halides is 2. The molecule has 0 bridgehead atoms. The van der Waals surface area contributed by atoms with Crippen molar-refractivity contribution in [2.75, 3.05) is 13.2 Å². The minimum Gasteiger partial charge on any atom is -0.396 e. The fraction of sp³-hybridized carbons (Fsp3) is 0.393. The maximum atomic E-state index is 12.6. The highest BCUT2D eigenvalue weighted by atomic mass is 19.3. The van der Waals surface area contributed by atoms with Gasteiger partial charge in [0, 0.05) is 37.3 Å². The van der Waals surface area contributed by atoms with Crippen molar-refractivity contribution >= 4 is 16.7 Å². The monoisotopic (exact) mass is 469 g/mol. The zero-order valence-corrected chi connectivity index (χ0v) is 19.7. The van der Waals surface area contributed by atoms with Crippen molar-refractivity contribution in [1.29, 1.82) is 0 Å². The number of hydrogen-bond acceptors (Lipinski definition) is 3. The van der Waals surface area contributed by atoms with E-state index >= 15 is 0 Å². The van der Waals surface area contributed by atoms with Gasteiger partial charge in [-0.05, 0) is 67.0 Å². The van der Waals surface area contributed by atoms with E-state index in [1.165, 1.54) is 35.9 Å². The summed E-state index contributed by atoms with van der Waals surface area (Å²) in [7, 11) is 0. The van der Waals surface area contributed by atoms with E-state index in [4.69, 9.17) is 10.2 Å². The first-order chi connectivity index (χ1) is 16.2. The van der Waals surface area contributed by atoms with Gasteiger partial charge in [0.1, 0.15) is 0 Å². The number of hydrogen-bond donors (Lipinski definition) is 3. The quantitative estimate of drug-likeness (QED) is 0.397. The lowest BCUT2D eigenvalue weighted by Gasteiger charge is -2.17. The predicted octanol–water partition coefficient (Wildman–Crippen LogP) is 5.69. The van der Waals surface area contributed by atoms with Gasteiger partial charge in [0.05, 0.1) is 0 Å². The minimum atomic E-state index is -2.71. The van der Waals surface area contributed by atoms with Crippen LogP contribution in [0.25, 0.3) is 10.8 Å². The van der Waals surface area contributed by atoms with Gasteiger partial charge in [-0.2, -0.15) is 0 Å². The number of halogens is 2. The first-order valence-corrected chi connectivity index (χ1v) is 11.7. The maximum absolute atomic E-state index is 12.6. The highest BCUT2D eigenvalue weighted by Crippen LogP contribution is 2.43. The van der Waals surface area contributed by atoms with Crippen LogP contribution in [0.1, 0.15) is 65.6 Å². The fourth-order valence-electron chi connectivity index (χ4n) is 3.92. The summed E-state index contributed by atoms with van der Waals surface area (Å²) >= 11 is 0. The van der Waals surface area contributed by atoms with Gasteiger partial charge in [0.2, 0.25) is 0 Å². The summed E-state index contributed by atoms with van der Waals surface area (Å²) < 4.78 is 25.2. The van der Waals surface area contributed by atoms with Gasteiger partial charge in [0.15, 0.2) is 0 Å². The summed E-state index contributed by atoms with van der Waals surface area (Å²) in [5.41, 5.74) is 3.07. The Morgan fingerprint density at radius 3 is 2.24 bits per heavy atom. The van der Waals surface area contributed by atoms with Crippen molar-refractivity contribution in [3.8, 4) is 0 Å². The maximum Gasteiger partial charge on any atom is 0.270 e. The molecule has 0 heterocycles. The van der Waals surface area contributed by atoms with Gasteiger partial charge >= 0.3 is 0 Å². The van der Waals surface area contributed by atoms with Crippen molar-refractivity contribution in [2.24, 2.45) is 0 Å². The Kier molecular flexibility index (Phi) is 8.75. The van der Waals surface area contributed by atoms with E-state index in [1.54, 1.807) is 12.1 Å². The zero-order chi connectivity index (χ0) is 24.7. The predicted molar refractivity (Wildman–Crippen MR) is 131 cm³/mol. The van der Waals surface area contributed by atoms with Crippen LogP contribution in [0.2, 0.25) is 0 Å². The molecule has 1 aliphatic rings. The van der Waals surface area contributed by atoms with E-state index < -0.39 is 5.92 Å². The summed E-state index contributed by atoms with van der Waals surface area (Å²) in [6.45, 7) is 2.76. The smallest absolute Gasteiger partial charge is 0.270 e. The Morgan fingerprint density at radius 1 is 1.03 bits per heavy atom. The lowest BCUT2D eigenvalue weighted by molar-refractivity contribution is 0.0174. The SMILES string of the molecule is Cc1ccc(C(C)(F)F)cc1.O=C(NC(CCO)CCO)c1ccc2c(C3CC3)cccc2c1. The number of aliphatic hydroxyl groups excluding tert-OH is 2. The molecule has 0 unspecified atom stereocenters. The Morgan fingerprint density at radius 2 is 1.68 bits per heavy atom. The van der Waals surface area contributed by atoms with Gasteiger partial charge in [-0.25, -0.2) is 8.78 Å². The average molecular weight is 470 g/mol. The highest BCUT2D eigenvalue weighted by Gasteiger charge is 2.25. The number of aryl methyl sites for hydroxylation is 1. The highest BCUT2D eigenvalue weighted by molar-refractivity contribution is 5.99. The summed E-state index contributed by atoms with van der Waals surface area (Å²) in [6, 6.07) is 18.2. The van der Waals surface area contributed by atoms with Crippen molar-refractivity contribution < 1.29 is 23.8 Å². The second-order valence-corrected chi connectivity index (χ2v) is 9.01. The number of benzene rings is 3. The van der Waals surface area contributed by atoms with Crippen LogP contribution in [0.4, 0.5) is 8.78 Å². The summed E-state index contributed by atoms with van der Waals surface area (Å²) in [5, 5.41) is 23.3. The lowest BCUT2D eigenvalue weighted by Crippen LogP contribution is -2.36. The van der Waals surface area contributed by atoms with E-state index in [0.717, 1.165) is 17.9 Å². The zero-order valence-electron chi connectivity index (χ0n) is 19.7. The molecular formula is C28H33F2NO3. The van der Waals surface area contributed by atoms with E-state index in [1.807, 2.05) is 31.2 Å². The van der Waals surface area contributed by atoms with Crippen LogP contribution in [-0.4, -0.2) is 35.4 Å². The molecule has 6 heteroatoms. The van der Waals surface area contributed by atoms with E-state index in [-0.39, 0.29) is 30.7 Å². The van der Waals surface area contributed by atoms with Crippen molar-refractivity contribution in [3.05, 3.63) is 82.9 Å². The van der Waals surface area contributed by atoms with Crippen LogP contribution in [-0.2, 0) is 5.92 Å². The van der Waals surface area contributed by atoms with Crippen molar-refractivity contribution in [1.82, 2.24) is 5.32 Å². The topological polar surface area (TPSA) is 69.6 Å². The largest absolute Gasteiger partial charge is 0.396 e. The first-order valence-electron chi connectivity index (χ1n) is 11.7. The van der Waals surface area contributed by atoms with Gasteiger partial charge in [0.25, 0.3) is 11.8 Å². The molecule has 0 radical (unpaired) electrons. The molecule has 0 spiro atoms. The molecule has 0 aromatic heterocycles. The number of aliphatic hydroxyl groups is 2. The lowest BCUT2D eigenvalue weighted by atomic mass is 9.99. The second kappa shape index (κ2) is 11.5. The van der Waals surface area contributed by atoms with Gasteiger partial charge in [-0.1, -0.05) is 54.1 Å². The molecule has 1 amide bonds. The first kappa shape index (κ1) is 25.8. The Bertz CT molecular complexity index is 1080. The average Bonchev–Trinajstić information content (AvgIpc) is 3.64. The standard InChI is InChI=1S/C19H23NO3.C9H10F2/c21-10-8-16(9-11-22)20-19(23)15-6-7-18-14(12-15)2-1-3-17(18)13-4-5-13;1-7-3-5-8(6-4-7)9(2,10)11/h1-3,6-7,12-13,16,21-22H,4-5,8-11H2,(H,20,23);3-6H,1-2H3. The molecule has 3 N–H and O–H groups in total. The van der Waals surface area contributed by atoms with E-state index in [9.17, 15) is 13.6 Å². The molecule has 182 valence electrons. The molecule has 34 heavy (non-hydrogen) atoms. The third-order valence-corrected chi connectivity index (χ3v) is 6.04. The van der Waals surface area contributed by atoms with Crippen LogP contribution in [0.3, 0.4) is 0 Å². The van der Waals surface area contributed by atoms with Crippen LogP contribution in [0, 0.1) is 6.92 Å². The molecule has 0 aliphatic heterocycles. The summed E-state index contributed by atoms with van der Waals surface area (Å²) in [6.07, 6.45) is 3.41. The third kappa shape index (κ3) is 7.08.